The molecule has 1 atom stereocenters. The fourth-order valence-electron chi connectivity index (χ4n) is 3.77. The Morgan fingerprint density at radius 2 is 2.17 bits per heavy atom. The lowest BCUT2D eigenvalue weighted by atomic mass is 9.90. The molecule has 1 amide bonds. The van der Waals surface area contributed by atoms with E-state index in [1.807, 2.05) is 42.6 Å². The van der Waals surface area contributed by atoms with Crippen molar-refractivity contribution in [2.75, 3.05) is 5.32 Å². The maximum Gasteiger partial charge on any atom is 0.276 e. The topological polar surface area (TPSA) is 79.0 Å². The van der Waals surface area contributed by atoms with Crippen LogP contribution >= 0.6 is 0 Å². The van der Waals surface area contributed by atoms with E-state index < -0.39 is 0 Å². The van der Waals surface area contributed by atoms with Crippen molar-refractivity contribution in [3.8, 4) is 0 Å². The zero-order valence-electron chi connectivity index (χ0n) is 16.0. The SMILES string of the molecule is CCC1CC=Nc2ccc(NC3=N/C(=C\c4ccc5occc5c4)C(=O)N3)cc21. The molecule has 144 valence electrons. The summed E-state index contributed by atoms with van der Waals surface area (Å²) in [6.45, 7) is 2.19. The molecule has 0 fully saturated rings. The minimum atomic E-state index is -0.228. The highest BCUT2D eigenvalue weighted by atomic mass is 16.3. The molecule has 0 saturated carbocycles. The first kappa shape index (κ1) is 17.4. The van der Waals surface area contributed by atoms with Gasteiger partial charge in [0, 0.05) is 17.3 Å². The van der Waals surface area contributed by atoms with E-state index in [4.69, 9.17) is 4.42 Å². The molecule has 2 N–H and O–H groups in total. The fraction of sp³-hybridized carbons (Fsp3) is 0.174. The van der Waals surface area contributed by atoms with Gasteiger partial charge in [-0.2, -0.15) is 0 Å². The Balaban J connectivity index is 1.39. The van der Waals surface area contributed by atoms with Gasteiger partial charge >= 0.3 is 0 Å². The van der Waals surface area contributed by atoms with E-state index in [1.165, 1.54) is 5.56 Å². The Kier molecular flexibility index (Phi) is 4.24. The van der Waals surface area contributed by atoms with Crippen LogP contribution in [0.2, 0.25) is 0 Å². The zero-order chi connectivity index (χ0) is 19.8. The fourth-order valence-corrected chi connectivity index (χ4v) is 3.77. The molecular weight excluding hydrogens is 364 g/mol. The van der Waals surface area contributed by atoms with Crippen LogP contribution in [0, 0.1) is 0 Å². The summed E-state index contributed by atoms with van der Waals surface area (Å²) in [5.41, 5.74) is 5.21. The number of aliphatic imine (C=N–C) groups is 2. The van der Waals surface area contributed by atoms with Crippen LogP contribution in [0.1, 0.15) is 36.8 Å². The van der Waals surface area contributed by atoms with Crippen LogP contribution in [0.4, 0.5) is 11.4 Å². The van der Waals surface area contributed by atoms with Gasteiger partial charge in [0.15, 0.2) is 0 Å². The van der Waals surface area contributed by atoms with Crippen molar-refractivity contribution in [1.29, 1.82) is 0 Å². The summed E-state index contributed by atoms with van der Waals surface area (Å²) in [5, 5.41) is 7.00. The zero-order valence-corrected chi connectivity index (χ0v) is 16.0. The summed E-state index contributed by atoms with van der Waals surface area (Å²) in [7, 11) is 0. The van der Waals surface area contributed by atoms with E-state index in [0.717, 1.165) is 40.7 Å². The van der Waals surface area contributed by atoms with Crippen LogP contribution in [0.3, 0.4) is 0 Å². The van der Waals surface area contributed by atoms with Gasteiger partial charge in [-0.1, -0.05) is 13.0 Å². The molecule has 2 aliphatic heterocycles. The molecule has 29 heavy (non-hydrogen) atoms. The lowest BCUT2D eigenvalue weighted by Crippen LogP contribution is -2.30. The predicted molar refractivity (Wildman–Crippen MR) is 116 cm³/mol. The number of hydrogen-bond acceptors (Lipinski definition) is 5. The maximum atomic E-state index is 12.4. The van der Waals surface area contributed by atoms with Crippen molar-refractivity contribution in [2.45, 2.75) is 25.7 Å². The molecule has 5 rings (SSSR count). The summed E-state index contributed by atoms with van der Waals surface area (Å²) in [5.74, 6) is 0.671. The summed E-state index contributed by atoms with van der Waals surface area (Å²) in [6.07, 6.45) is 7.43. The van der Waals surface area contributed by atoms with Crippen LogP contribution in [0.5, 0.6) is 0 Å². The highest BCUT2D eigenvalue weighted by molar-refractivity contribution is 6.17. The molecule has 3 heterocycles. The monoisotopic (exact) mass is 384 g/mol. The first-order valence-electron chi connectivity index (χ1n) is 9.72. The number of anilines is 1. The highest BCUT2D eigenvalue weighted by Gasteiger charge is 2.21. The molecule has 2 aromatic carbocycles. The van der Waals surface area contributed by atoms with Gasteiger partial charge in [-0.05, 0) is 72.4 Å². The lowest BCUT2D eigenvalue weighted by Gasteiger charge is -2.20. The summed E-state index contributed by atoms with van der Waals surface area (Å²) in [6, 6.07) is 13.7. The number of nitrogens with one attached hydrogen (secondary N) is 2. The molecule has 6 nitrogen and oxygen atoms in total. The number of nitrogens with zero attached hydrogens (tertiary/aromatic N) is 2. The first-order chi connectivity index (χ1) is 14.2. The third-order valence-electron chi connectivity index (χ3n) is 5.32. The van der Waals surface area contributed by atoms with E-state index in [1.54, 1.807) is 12.3 Å². The Morgan fingerprint density at radius 3 is 3.07 bits per heavy atom. The van der Waals surface area contributed by atoms with Crippen molar-refractivity contribution in [3.63, 3.8) is 0 Å². The third kappa shape index (κ3) is 3.33. The van der Waals surface area contributed by atoms with E-state index in [2.05, 4.69) is 33.6 Å². The number of benzene rings is 2. The van der Waals surface area contributed by atoms with Crippen molar-refractivity contribution >= 4 is 46.5 Å². The number of carbonyl (C=O) groups is 1. The summed E-state index contributed by atoms with van der Waals surface area (Å²) < 4.78 is 5.36. The molecule has 3 aromatic rings. The minimum absolute atomic E-state index is 0.228. The summed E-state index contributed by atoms with van der Waals surface area (Å²) in [4.78, 5) is 21.3. The molecule has 6 heteroatoms. The first-order valence-corrected chi connectivity index (χ1v) is 9.72. The van der Waals surface area contributed by atoms with Crippen LogP contribution < -0.4 is 10.6 Å². The van der Waals surface area contributed by atoms with Crippen LogP contribution in [-0.4, -0.2) is 18.1 Å². The number of amides is 1. The second kappa shape index (κ2) is 7.05. The average Bonchev–Trinajstić information content (AvgIpc) is 3.33. The Morgan fingerprint density at radius 1 is 1.24 bits per heavy atom. The van der Waals surface area contributed by atoms with Gasteiger partial charge in [0.05, 0.1) is 12.0 Å². The highest BCUT2D eigenvalue weighted by Crippen LogP contribution is 2.36. The normalized spacial score (nSPS) is 19.3. The van der Waals surface area contributed by atoms with E-state index >= 15 is 0 Å². The molecule has 2 aliphatic rings. The number of fused-ring (bicyclic) bond motifs is 2. The van der Waals surface area contributed by atoms with E-state index in [-0.39, 0.29) is 5.91 Å². The predicted octanol–water partition coefficient (Wildman–Crippen LogP) is 4.97. The Bertz CT molecular complexity index is 1200. The van der Waals surface area contributed by atoms with Gasteiger partial charge in [-0.25, -0.2) is 4.99 Å². The Labute approximate surface area is 168 Å². The smallest absolute Gasteiger partial charge is 0.276 e. The van der Waals surface area contributed by atoms with Crippen LogP contribution in [0.25, 0.3) is 17.0 Å². The van der Waals surface area contributed by atoms with Gasteiger partial charge in [-0.15, -0.1) is 0 Å². The van der Waals surface area contributed by atoms with Crippen molar-refractivity contribution < 1.29 is 9.21 Å². The van der Waals surface area contributed by atoms with E-state index in [9.17, 15) is 4.79 Å². The van der Waals surface area contributed by atoms with Gasteiger partial charge in [0.1, 0.15) is 11.3 Å². The molecule has 0 radical (unpaired) electrons. The van der Waals surface area contributed by atoms with Crippen molar-refractivity contribution in [3.05, 3.63) is 65.6 Å². The van der Waals surface area contributed by atoms with Gasteiger partial charge < -0.3 is 9.73 Å². The molecule has 0 saturated heterocycles. The van der Waals surface area contributed by atoms with Gasteiger partial charge in [0.25, 0.3) is 5.91 Å². The second-order valence-corrected chi connectivity index (χ2v) is 7.21. The molecule has 0 bridgehead atoms. The third-order valence-corrected chi connectivity index (χ3v) is 5.32. The van der Waals surface area contributed by atoms with Crippen molar-refractivity contribution in [1.82, 2.24) is 5.32 Å². The largest absolute Gasteiger partial charge is 0.464 e. The standard InChI is InChI=1S/C23H20N4O2/c1-2-15-7-9-24-19-5-4-17(13-18(15)19)25-23-26-20(22(28)27-23)12-14-3-6-21-16(11-14)8-10-29-21/h3-6,8-13,15H,2,7H2,1H3,(H2,25,26,27,28)/b20-12-. The number of carbonyl (C=O) groups excluding carboxylic acids is 1. The number of hydrogen-bond donors (Lipinski definition) is 2. The van der Waals surface area contributed by atoms with Crippen LogP contribution in [-0.2, 0) is 4.79 Å². The Hall–Kier alpha value is -3.67. The lowest BCUT2D eigenvalue weighted by molar-refractivity contribution is -0.115. The molecule has 0 spiro atoms. The molecule has 0 aliphatic carbocycles. The second-order valence-electron chi connectivity index (χ2n) is 7.21. The molecular formula is C23H20N4O2. The van der Waals surface area contributed by atoms with Gasteiger partial charge in [0.2, 0.25) is 5.96 Å². The van der Waals surface area contributed by atoms with Crippen molar-refractivity contribution in [2.24, 2.45) is 9.98 Å². The number of rotatable bonds is 3. The minimum Gasteiger partial charge on any atom is -0.464 e. The molecule has 1 aromatic heterocycles. The number of guanidine groups is 1. The average molecular weight is 384 g/mol. The van der Waals surface area contributed by atoms with E-state index in [0.29, 0.717) is 17.6 Å². The number of furan rings is 1. The summed E-state index contributed by atoms with van der Waals surface area (Å²) >= 11 is 0. The van der Waals surface area contributed by atoms with Gasteiger partial charge in [-0.3, -0.25) is 15.1 Å². The van der Waals surface area contributed by atoms with Crippen LogP contribution in [0.15, 0.2) is 68.8 Å². The molecule has 1 unspecified atom stereocenters. The quantitative estimate of drug-likeness (QED) is 0.626. The maximum absolute atomic E-state index is 12.4.